The van der Waals surface area contributed by atoms with Gasteiger partial charge in [-0.2, -0.15) is 0 Å². The van der Waals surface area contributed by atoms with E-state index in [2.05, 4.69) is 46.1 Å². The third kappa shape index (κ3) is 4.44. The van der Waals surface area contributed by atoms with Crippen LogP contribution in [0.5, 0.6) is 0 Å². The van der Waals surface area contributed by atoms with Crippen LogP contribution in [0.1, 0.15) is 19.0 Å². The van der Waals surface area contributed by atoms with Crippen molar-refractivity contribution in [1.29, 1.82) is 0 Å². The average Bonchev–Trinajstić information content (AvgIpc) is 2.77. The normalized spacial score (nSPS) is 20.1. The molecule has 1 aromatic heterocycles. The zero-order valence-electron chi connectivity index (χ0n) is 12.3. The summed E-state index contributed by atoms with van der Waals surface area (Å²) in [4.78, 5) is 13.6. The summed E-state index contributed by atoms with van der Waals surface area (Å²) >= 11 is 0. The first-order valence-electron chi connectivity index (χ1n) is 7.09. The van der Waals surface area contributed by atoms with Crippen molar-refractivity contribution in [3.63, 3.8) is 0 Å². The molecule has 0 saturated carbocycles. The Morgan fingerprint density at radius 1 is 1.42 bits per heavy atom. The second-order valence-electron chi connectivity index (χ2n) is 5.54. The van der Waals surface area contributed by atoms with Crippen LogP contribution in [0.15, 0.2) is 12.4 Å². The van der Waals surface area contributed by atoms with Gasteiger partial charge in [0.25, 0.3) is 0 Å². The summed E-state index contributed by atoms with van der Waals surface area (Å²) in [7, 11) is 4.36. The van der Waals surface area contributed by atoms with E-state index in [-0.39, 0.29) is 0 Å². The van der Waals surface area contributed by atoms with E-state index >= 15 is 0 Å². The van der Waals surface area contributed by atoms with Gasteiger partial charge in [-0.15, -0.1) is 0 Å². The van der Waals surface area contributed by atoms with E-state index in [4.69, 9.17) is 0 Å². The van der Waals surface area contributed by atoms with E-state index in [1.165, 1.54) is 19.5 Å². The Bertz CT molecular complexity index is 378. The maximum Gasteiger partial charge on any atom is 0.144 e. The van der Waals surface area contributed by atoms with E-state index < -0.39 is 0 Å². The first-order chi connectivity index (χ1) is 9.17. The number of hydrogen-bond donors (Lipinski definition) is 1. The van der Waals surface area contributed by atoms with Gasteiger partial charge in [-0.05, 0) is 39.9 Å². The first-order valence-corrected chi connectivity index (χ1v) is 7.09. The lowest BCUT2D eigenvalue weighted by molar-refractivity contribution is 0.264. The summed E-state index contributed by atoms with van der Waals surface area (Å²) < 4.78 is 0. The lowest BCUT2D eigenvalue weighted by Crippen LogP contribution is -2.27. The first kappa shape index (κ1) is 14.2. The van der Waals surface area contributed by atoms with Crippen LogP contribution in [0, 0.1) is 5.92 Å². The fourth-order valence-electron chi connectivity index (χ4n) is 2.67. The molecule has 2 rings (SSSR count). The minimum atomic E-state index is 0.795. The van der Waals surface area contributed by atoms with E-state index in [0.29, 0.717) is 0 Å². The predicted octanol–water partition coefficient (Wildman–Crippen LogP) is 1.29. The maximum atomic E-state index is 4.45. The van der Waals surface area contributed by atoms with Crippen molar-refractivity contribution < 1.29 is 0 Å². The van der Waals surface area contributed by atoms with Crippen molar-refractivity contribution in [2.45, 2.75) is 19.9 Å². The Hall–Kier alpha value is -1.20. The highest BCUT2D eigenvalue weighted by molar-refractivity contribution is 5.30. The zero-order valence-corrected chi connectivity index (χ0v) is 12.3. The molecule has 0 aliphatic carbocycles. The largest absolute Gasteiger partial charge is 0.369 e. The van der Waals surface area contributed by atoms with Gasteiger partial charge < -0.3 is 15.1 Å². The van der Waals surface area contributed by atoms with Gasteiger partial charge in [0.2, 0.25) is 0 Å². The maximum absolute atomic E-state index is 4.45. The van der Waals surface area contributed by atoms with E-state index in [9.17, 15) is 0 Å². The quantitative estimate of drug-likeness (QED) is 0.838. The molecular weight excluding hydrogens is 238 g/mol. The molecule has 0 spiro atoms. The number of nitrogens with zero attached hydrogens (tertiary/aromatic N) is 4. The Morgan fingerprint density at radius 2 is 2.26 bits per heavy atom. The van der Waals surface area contributed by atoms with Gasteiger partial charge in [-0.3, -0.25) is 4.98 Å². The minimum Gasteiger partial charge on any atom is -0.369 e. The number of rotatable bonds is 6. The number of nitrogens with one attached hydrogen (secondary N) is 1. The van der Waals surface area contributed by atoms with Gasteiger partial charge in [0.1, 0.15) is 5.82 Å². The highest BCUT2D eigenvalue weighted by Crippen LogP contribution is 2.15. The summed E-state index contributed by atoms with van der Waals surface area (Å²) in [6, 6.07) is 0. The standard InChI is InChI=1S/C14H25N5/c1-4-15-14-8-16-13(7-17-14)11-19(3)10-12-5-6-18(2)9-12/h7-8,12H,4-6,9-11H2,1-3H3,(H,15,17). The molecule has 1 saturated heterocycles. The zero-order chi connectivity index (χ0) is 13.7. The monoisotopic (exact) mass is 263 g/mol. The topological polar surface area (TPSA) is 44.3 Å². The molecule has 19 heavy (non-hydrogen) atoms. The molecular formula is C14H25N5. The van der Waals surface area contributed by atoms with Crippen molar-refractivity contribution in [3.05, 3.63) is 18.1 Å². The van der Waals surface area contributed by atoms with Crippen LogP contribution in [-0.4, -0.2) is 60.0 Å². The van der Waals surface area contributed by atoms with Crippen LogP contribution >= 0.6 is 0 Å². The summed E-state index contributed by atoms with van der Waals surface area (Å²) in [5.74, 6) is 1.65. The molecule has 1 aliphatic heterocycles. The van der Waals surface area contributed by atoms with Crippen molar-refractivity contribution >= 4 is 5.82 Å². The smallest absolute Gasteiger partial charge is 0.144 e. The van der Waals surface area contributed by atoms with E-state index in [1.54, 1.807) is 0 Å². The lowest BCUT2D eigenvalue weighted by Gasteiger charge is -2.20. The molecule has 0 radical (unpaired) electrons. The van der Waals surface area contributed by atoms with Gasteiger partial charge >= 0.3 is 0 Å². The molecule has 1 atom stereocenters. The van der Waals surface area contributed by atoms with E-state index in [0.717, 1.165) is 37.1 Å². The molecule has 1 aromatic rings. The summed E-state index contributed by atoms with van der Waals surface area (Å²) in [6.07, 6.45) is 5.00. The van der Waals surface area contributed by atoms with Crippen molar-refractivity contribution in [2.75, 3.05) is 45.6 Å². The van der Waals surface area contributed by atoms with Crippen LogP contribution < -0.4 is 5.32 Å². The van der Waals surface area contributed by atoms with Crippen LogP contribution in [0.3, 0.4) is 0 Å². The number of aromatic nitrogens is 2. The van der Waals surface area contributed by atoms with Gasteiger partial charge in [-0.25, -0.2) is 4.98 Å². The fraction of sp³-hybridized carbons (Fsp3) is 0.714. The molecule has 1 aliphatic rings. The predicted molar refractivity (Wildman–Crippen MR) is 78.1 cm³/mol. The molecule has 5 heteroatoms. The highest BCUT2D eigenvalue weighted by atomic mass is 15.2. The van der Waals surface area contributed by atoms with Crippen molar-refractivity contribution in [2.24, 2.45) is 5.92 Å². The molecule has 2 heterocycles. The molecule has 0 amide bonds. The Morgan fingerprint density at radius 3 is 2.84 bits per heavy atom. The fourth-order valence-corrected chi connectivity index (χ4v) is 2.67. The second kappa shape index (κ2) is 6.82. The minimum absolute atomic E-state index is 0.795. The SMILES string of the molecule is CCNc1cnc(CN(C)CC2CCN(C)C2)cn1. The average molecular weight is 263 g/mol. The van der Waals surface area contributed by atoms with Crippen LogP contribution in [-0.2, 0) is 6.54 Å². The number of likely N-dealkylation sites (tertiary alicyclic amines) is 1. The second-order valence-corrected chi connectivity index (χ2v) is 5.54. The van der Waals surface area contributed by atoms with Gasteiger partial charge in [-0.1, -0.05) is 0 Å². The van der Waals surface area contributed by atoms with Crippen LogP contribution in [0.2, 0.25) is 0 Å². The molecule has 1 fully saturated rings. The van der Waals surface area contributed by atoms with Gasteiger partial charge in [0.05, 0.1) is 18.1 Å². The van der Waals surface area contributed by atoms with Crippen molar-refractivity contribution in [3.8, 4) is 0 Å². The highest BCUT2D eigenvalue weighted by Gasteiger charge is 2.20. The third-order valence-corrected chi connectivity index (χ3v) is 3.55. The van der Waals surface area contributed by atoms with Gasteiger partial charge in [0.15, 0.2) is 0 Å². The number of hydrogen-bond acceptors (Lipinski definition) is 5. The molecule has 1 unspecified atom stereocenters. The van der Waals surface area contributed by atoms with Crippen LogP contribution in [0.4, 0.5) is 5.82 Å². The van der Waals surface area contributed by atoms with Crippen LogP contribution in [0.25, 0.3) is 0 Å². The third-order valence-electron chi connectivity index (χ3n) is 3.55. The van der Waals surface area contributed by atoms with Crippen molar-refractivity contribution in [1.82, 2.24) is 19.8 Å². The Kier molecular flexibility index (Phi) is 5.10. The van der Waals surface area contributed by atoms with Gasteiger partial charge in [0, 0.05) is 26.2 Å². The summed E-state index contributed by atoms with van der Waals surface area (Å²) in [6.45, 7) is 7.40. The molecule has 5 nitrogen and oxygen atoms in total. The lowest BCUT2D eigenvalue weighted by atomic mass is 10.1. The molecule has 0 aromatic carbocycles. The summed E-state index contributed by atoms with van der Waals surface area (Å²) in [5.41, 5.74) is 1.04. The summed E-state index contributed by atoms with van der Waals surface area (Å²) in [5, 5.41) is 3.16. The Labute approximate surface area is 116 Å². The molecule has 106 valence electrons. The number of anilines is 1. The molecule has 1 N–H and O–H groups in total. The van der Waals surface area contributed by atoms with E-state index in [1.807, 2.05) is 12.4 Å². The Balaban J connectivity index is 1.79. The molecule has 0 bridgehead atoms.